The quantitative estimate of drug-likeness (QED) is 0.791. The van der Waals surface area contributed by atoms with Crippen molar-refractivity contribution in [2.24, 2.45) is 0 Å². The number of hydrogen-bond acceptors (Lipinski definition) is 5. The number of nitrogens with zero attached hydrogens (tertiary/aromatic N) is 2. The van der Waals surface area contributed by atoms with Gasteiger partial charge in [0.15, 0.2) is 5.82 Å². The lowest BCUT2D eigenvalue weighted by Gasteiger charge is -2.06. The lowest BCUT2D eigenvalue weighted by molar-refractivity contribution is 0.0953. The first kappa shape index (κ1) is 14.0. The molecule has 0 aliphatic heterocycles. The first-order valence-electron chi connectivity index (χ1n) is 6.62. The molecule has 2 heterocycles. The summed E-state index contributed by atoms with van der Waals surface area (Å²) < 4.78 is 4.97. The Morgan fingerprint density at radius 1 is 1.35 bits per heavy atom. The molecule has 0 aromatic carbocycles. The van der Waals surface area contributed by atoms with Crippen molar-refractivity contribution < 1.29 is 9.32 Å². The third-order valence-corrected chi connectivity index (χ3v) is 2.72. The van der Waals surface area contributed by atoms with Gasteiger partial charge in [-0.05, 0) is 19.4 Å². The Morgan fingerprint density at radius 2 is 2.20 bits per heavy atom. The van der Waals surface area contributed by atoms with E-state index >= 15 is 0 Å². The molecule has 0 fully saturated rings. The van der Waals surface area contributed by atoms with Crippen molar-refractivity contribution >= 4 is 17.4 Å². The number of hydrogen-bond donors (Lipinski definition) is 2. The summed E-state index contributed by atoms with van der Waals surface area (Å²) in [6.45, 7) is 4.57. The molecule has 2 rings (SSSR count). The lowest BCUT2D eigenvalue weighted by atomic mass is 10.2. The highest BCUT2D eigenvalue weighted by Crippen LogP contribution is 2.16. The number of carbonyl (C=O) groups is 1. The van der Waals surface area contributed by atoms with Crippen molar-refractivity contribution in [1.29, 1.82) is 0 Å². The molecule has 6 heteroatoms. The van der Waals surface area contributed by atoms with Crippen LogP contribution in [0.4, 0.5) is 11.5 Å². The largest absolute Gasteiger partial charge is 0.360 e. The molecular formula is C14H18N4O2. The zero-order valence-electron chi connectivity index (χ0n) is 11.6. The lowest BCUT2D eigenvalue weighted by Crippen LogP contribution is -2.24. The van der Waals surface area contributed by atoms with E-state index in [4.69, 9.17) is 4.52 Å². The van der Waals surface area contributed by atoms with Crippen molar-refractivity contribution in [2.45, 2.75) is 26.7 Å². The Hall–Kier alpha value is -2.37. The Bertz CT molecular complexity index is 580. The number of amides is 1. The summed E-state index contributed by atoms with van der Waals surface area (Å²) in [5.74, 6) is 1.19. The van der Waals surface area contributed by atoms with Crippen LogP contribution < -0.4 is 10.6 Å². The highest BCUT2D eigenvalue weighted by atomic mass is 16.5. The Balaban J connectivity index is 2.02. The van der Waals surface area contributed by atoms with E-state index in [1.165, 1.54) is 0 Å². The predicted octanol–water partition coefficient (Wildman–Crippen LogP) is 2.65. The maximum Gasteiger partial charge on any atom is 0.252 e. The maximum absolute atomic E-state index is 11.9. The summed E-state index contributed by atoms with van der Waals surface area (Å²) in [5.41, 5.74) is 1.22. The van der Waals surface area contributed by atoms with Crippen LogP contribution in [0.5, 0.6) is 0 Å². The fourth-order valence-corrected chi connectivity index (χ4v) is 1.69. The fraction of sp³-hybridized carbons (Fsp3) is 0.357. The number of unbranched alkanes of at least 4 members (excludes halogenated alkanes) is 1. The van der Waals surface area contributed by atoms with Crippen molar-refractivity contribution in [2.75, 3.05) is 11.9 Å². The standard InChI is InChI=1S/C14H18N4O2/c1-3-4-5-16-14(19)11-7-12(9-15-8-11)17-13-6-10(2)20-18-13/h6-9H,3-5H2,1-2H3,(H,16,19)(H,17,18). The molecule has 0 saturated carbocycles. The van der Waals surface area contributed by atoms with E-state index in [1.54, 1.807) is 24.5 Å². The molecule has 6 nitrogen and oxygen atoms in total. The van der Waals surface area contributed by atoms with Crippen LogP contribution >= 0.6 is 0 Å². The molecule has 2 aromatic rings. The number of anilines is 2. The van der Waals surface area contributed by atoms with Gasteiger partial charge < -0.3 is 15.2 Å². The smallest absolute Gasteiger partial charge is 0.252 e. The van der Waals surface area contributed by atoms with Gasteiger partial charge in [-0.15, -0.1) is 0 Å². The van der Waals surface area contributed by atoms with Crippen LogP contribution in [0.1, 0.15) is 35.9 Å². The summed E-state index contributed by atoms with van der Waals surface area (Å²) in [7, 11) is 0. The summed E-state index contributed by atoms with van der Waals surface area (Å²) in [6.07, 6.45) is 5.19. The van der Waals surface area contributed by atoms with E-state index in [0.29, 0.717) is 29.4 Å². The number of nitrogens with one attached hydrogen (secondary N) is 2. The zero-order valence-corrected chi connectivity index (χ0v) is 11.6. The normalized spacial score (nSPS) is 10.3. The average molecular weight is 274 g/mol. The molecular weight excluding hydrogens is 256 g/mol. The van der Waals surface area contributed by atoms with Crippen molar-refractivity contribution in [3.8, 4) is 0 Å². The Kier molecular flexibility index (Phi) is 4.70. The molecule has 0 bridgehead atoms. The van der Waals surface area contributed by atoms with Gasteiger partial charge in [-0.1, -0.05) is 18.5 Å². The molecule has 0 aliphatic carbocycles. The van der Waals surface area contributed by atoms with Gasteiger partial charge in [-0.3, -0.25) is 9.78 Å². The third kappa shape index (κ3) is 3.81. The summed E-state index contributed by atoms with van der Waals surface area (Å²) in [4.78, 5) is 16.0. The van der Waals surface area contributed by atoms with Gasteiger partial charge in [0.1, 0.15) is 5.76 Å². The zero-order chi connectivity index (χ0) is 14.4. The maximum atomic E-state index is 11.9. The topological polar surface area (TPSA) is 80.0 Å². The van der Waals surface area contributed by atoms with Gasteiger partial charge in [0.05, 0.1) is 17.4 Å². The van der Waals surface area contributed by atoms with Crippen LogP contribution in [0.2, 0.25) is 0 Å². The molecule has 0 spiro atoms. The van der Waals surface area contributed by atoms with E-state index < -0.39 is 0 Å². The van der Waals surface area contributed by atoms with Crippen molar-refractivity contribution in [1.82, 2.24) is 15.5 Å². The van der Waals surface area contributed by atoms with Crippen LogP contribution in [0.3, 0.4) is 0 Å². The summed E-state index contributed by atoms with van der Waals surface area (Å²) >= 11 is 0. The van der Waals surface area contributed by atoms with Gasteiger partial charge in [0.2, 0.25) is 0 Å². The molecule has 2 aromatic heterocycles. The number of rotatable bonds is 6. The van der Waals surface area contributed by atoms with Gasteiger partial charge in [-0.25, -0.2) is 0 Å². The molecule has 1 amide bonds. The number of pyridine rings is 1. The molecule has 20 heavy (non-hydrogen) atoms. The second-order valence-corrected chi connectivity index (χ2v) is 4.52. The third-order valence-electron chi connectivity index (χ3n) is 2.72. The van der Waals surface area contributed by atoms with Crippen molar-refractivity contribution in [3.63, 3.8) is 0 Å². The molecule has 0 unspecified atom stereocenters. The van der Waals surface area contributed by atoms with Crippen LogP contribution in [0.15, 0.2) is 29.0 Å². The van der Waals surface area contributed by atoms with Crippen LogP contribution in [0.25, 0.3) is 0 Å². The second-order valence-electron chi connectivity index (χ2n) is 4.52. The Morgan fingerprint density at radius 3 is 2.90 bits per heavy atom. The van der Waals surface area contributed by atoms with Crippen molar-refractivity contribution in [3.05, 3.63) is 35.9 Å². The van der Waals surface area contributed by atoms with Crippen LogP contribution in [0, 0.1) is 6.92 Å². The predicted molar refractivity (Wildman–Crippen MR) is 76.0 cm³/mol. The minimum atomic E-state index is -0.120. The van der Waals surface area contributed by atoms with Gasteiger partial charge >= 0.3 is 0 Å². The van der Waals surface area contributed by atoms with E-state index in [1.807, 2.05) is 6.92 Å². The average Bonchev–Trinajstić information content (AvgIpc) is 2.84. The molecule has 0 radical (unpaired) electrons. The SMILES string of the molecule is CCCCNC(=O)c1cncc(Nc2cc(C)on2)c1. The van der Waals surface area contributed by atoms with E-state index in [0.717, 1.165) is 12.8 Å². The summed E-state index contributed by atoms with van der Waals surface area (Å²) in [5, 5.41) is 9.73. The first-order valence-corrected chi connectivity index (χ1v) is 6.62. The van der Waals surface area contributed by atoms with E-state index in [9.17, 15) is 4.79 Å². The monoisotopic (exact) mass is 274 g/mol. The number of aromatic nitrogens is 2. The van der Waals surface area contributed by atoms with Crippen LogP contribution in [-0.4, -0.2) is 22.6 Å². The fourth-order valence-electron chi connectivity index (χ4n) is 1.69. The molecule has 0 atom stereocenters. The molecule has 0 saturated heterocycles. The minimum absolute atomic E-state index is 0.120. The summed E-state index contributed by atoms with van der Waals surface area (Å²) in [6, 6.07) is 3.51. The first-order chi connectivity index (χ1) is 9.69. The van der Waals surface area contributed by atoms with Gasteiger partial charge in [0.25, 0.3) is 5.91 Å². The van der Waals surface area contributed by atoms with Gasteiger partial charge in [-0.2, -0.15) is 0 Å². The Labute approximate surface area is 117 Å². The highest BCUT2D eigenvalue weighted by molar-refractivity contribution is 5.94. The molecule has 106 valence electrons. The van der Waals surface area contributed by atoms with E-state index in [2.05, 4.69) is 27.7 Å². The molecule has 2 N–H and O–H groups in total. The van der Waals surface area contributed by atoms with E-state index in [-0.39, 0.29) is 5.91 Å². The minimum Gasteiger partial charge on any atom is -0.360 e. The highest BCUT2D eigenvalue weighted by Gasteiger charge is 2.07. The number of carbonyl (C=O) groups excluding carboxylic acids is 1. The second kappa shape index (κ2) is 6.70. The van der Waals surface area contributed by atoms with Crippen LogP contribution in [-0.2, 0) is 0 Å². The number of aryl methyl sites for hydroxylation is 1. The van der Waals surface area contributed by atoms with Gasteiger partial charge in [0, 0.05) is 18.8 Å². The molecule has 0 aliphatic rings.